The van der Waals surface area contributed by atoms with E-state index in [4.69, 9.17) is 9.84 Å². The molecule has 1 fully saturated rings. The molecular weight excluding hydrogens is 232 g/mol. The summed E-state index contributed by atoms with van der Waals surface area (Å²) in [6, 6.07) is 7.61. The fourth-order valence-corrected chi connectivity index (χ4v) is 1.96. The van der Waals surface area contributed by atoms with Crippen LogP contribution >= 0.6 is 0 Å². The van der Waals surface area contributed by atoms with Gasteiger partial charge in [0.25, 0.3) is 0 Å². The van der Waals surface area contributed by atoms with E-state index in [1.807, 2.05) is 24.3 Å². The zero-order valence-electron chi connectivity index (χ0n) is 10.3. The molecule has 0 saturated carbocycles. The number of carboxylic acid groups (broad SMARTS) is 1. The lowest BCUT2D eigenvalue weighted by Crippen LogP contribution is -2.42. The van der Waals surface area contributed by atoms with E-state index in [1.165, 1.54) is 5.56 Å². The van der Waals surface area contributed by atoms with Gasteiger partial charge in [-0.05, 0) is 17.7 Å². The predicted octanol–water partition coefficient (Wildman–Crippen LogP) is 0.555. The van der Waals surface area contributed by atoms with Crippen LogP contribution in [-0.4, -0.2) is 48.8 Å². The first-order chi connectivity index (χ1) is 8.74. The molecule has 0 unspecified atom stereocenters. The van der Waals surface area contributed by atoms with Gasteiger partial charge >= 0.3 is 5.97 Å². The van der Waals surface area contributed by atoms with Crippen LogP contribution in [-0.2, 0) is 11.3 Å². The molecule has 98 valence electrons. The molecule has 0 amide bonds. The van der Waals surface area contributed by atoms with E-state index >= 15 is 0 Å². The van der Waals surface area contributed by atoms with Crippen molar-refractivity contribution in [3.8, 4) is 5.75 Å². The summed E-state index contributed by atoms with van der Waals surface area (Å²) in [5.74, 6) is -0.360. The Hall–Kier alpha value is -1.59. The van der Waals surface area contributed by atoms with Crippen LogP contribution in [0.2, 0.25) is 0 Å². The Morgan fingerprint density at radius 2 is 1.94 bits per heavy atom. The summed E-state index contributed by atoms with van der Waals surface area (Å²) >= 11 is 0. The van der Waals surface area contributed by atoms with Crippen LogP contribution in [0.3, 0.4) is 0 Å². The number of hydrogen-bond donors (Lipinski definition) is 2. The first kappa shape index (κ1) is 12.9. The summed E-state index contributed by atoms with van der Waals surface area (Å²) in [5.41, 5.74) is 1.22. The van der Waals surface area contributed by atoms with E-state index in [0.717, 1.165) is 32.7 Å². The lowest BCUT2D eigenvalue weighted by molar-refractivity contribution is -0.139. The monoisotopic (exact) mass is 250 g/mol. The normalized spacial score (nSPS) is 16.4. The quantitative estimate of drug-likeness (QED) is 0.799. The van der Waals surface area contributed by atoms with E-state index in [1.54, 1.807) is 0 Å². The second-order valence-corrected chi connectivity index (χ2v) is 4.35. The van der Waals surface area contributed by atoms with E-state index in [0.29, 0.717) is 5.75 Å². The van der Waals surface area contributed by atoms with Crippen LogP contribution in [0.15, 0.2) is 24.3 Å². The Morgan fingerprint density at radius 1 is 1.28 bits per heavy atom. The maximum Gasteiger partial charge on any atom is 0.341 e. The number of aliphatic carboxylic acids is 1. The molecule has 2 N–H and O–H groups in total. The van der Waals surface area contributed by atoms with Crippen molar-refractivity contribution in [2.45, 2.75) is 6.54 Å². The zero-order valence-corrected chi connectivity index (χ0v) is 10.3. The van der Waals surface area contributed by atoms with Gasteiger partial charge in [0.05, 0.1) is 0 Å². The lowest BCUT2D eigenvalue weighted by atomic mass is 10.2. The molecule has 1 aromatic rings. The topological polar surface area (TPSA) is 61.8 Å². The summed E-state index contributed by atoms with van der Waals surface area (Å²) in [4.78, 5) is 12.8. The highest BCUT2D eigenvalue weighted by atomic mass is 16.5. The molecule has 1 aromatic carbocycles. The van der Waals surface area contributed by atoms with E-state index in [2.05, 4.69) is 10.2 Å². The van der Waals surface area contributed by atoms with Crippen LogP contribution in [0.25, 0.3) is 0 Å². The summed E-state index contributed by atoms with van der Waals surface area (Å²) in [7, 11) is 0. The van der Waals surface area contributed by atoms with Gasteiger partial charge in [-0.2, -0.15) is 0 Å². The summed E-state index contributed by atoms with van der Waals surface area (Å²) in [6.07, 6.45) is 0. The molecule has 1 aliphatic heterocycles. The van der Waals surface area contributed by atoms with Gasteiger partial charge < -0.3 is 15.2 Å². The van der Waals surface area contributed by atoms with Crippen molar-refractivity contribution in [3.63, 3.8) is 0 Å². The number of hydrogen-bond acceptors (Lipinski definition) is 4. The fourth-order valence-electron chi connectivity index (χ4n) is 1.96. The third kappa shape index (κ3) is 4.01. The maximum atomic E-state index is 10.4. The Balaban J connectivity index is 1.84. The Bertz CT molecular complexity index is 386. The van der Waals surface area contributed by atoms with Crippen LogP contribution in [0, 0.1) is 0 Å². The second kappa shape index (κ2) is 6.37. The number of nitrogens with one attached hydrogen (secondary N) is 1. The first-order valence-corrected chi connectivity index (χ1v) is 6.10. The minimum Gasteiger partial charge on any atom is -0.482 e. The molecule has 0 radical (unpaired) electrons. The molecule has 0 bridgehead atoms. The van der Waals surface area contributed by atoms with Gasteiger partial charge in [0.2, 0.25) is 0 Å². The van der Waals surface area contributed by atoms with Gasteiger partial charge in [-0.25, -0.2) is 4.79 Å². The largest absolute Gasteiger partial charge is 0.482 e. The molecule has 1 heterocycles. The van der Waals surface area contributed by atoms with Gasteiger partial charge in [-0.15, -0.1) is 0 Å². The SMILES string of the molecule is O=C(O)COc1ccc(CN2CCNCC2)cc1. The molecular formula is C13H18N2O3. The van der Waals surface area contributed by atoms with E-state index < -0.39 is 5.97 Å². The molecule has 18 heavy (non-hydrogen) atoms. The van der Waals surface area contributed by atoms with Crippen molar-refractivity contribution in [3.05, 3.63) is 29.8 Å². The number of ether oxygens (including phenoxy) is 1. The van der Waals surface area contributed by atoms with Gasteiger partial charge in [0.1, 0.15) is 5.75 Å². The third-order valence-electron chi connectivity index (χ3n) is 2.90. The average Bonchev–Trinajstić information content (AvgIpc) is 2.39. The second-order valence-electron chi connectivity index (χ2n) is 4.35. The smallest absolute Gasteiger partial charge is 0.341 e. The highest BCUT2D eigenvalue weighted by molar-refractivity contribution is 5.68. The molecule has 1 saturated heterocycles. The number of nitrogens with zero attached hydrogens (tertiary/aromatic N) is 1. The number of carbonyl (C=O) groups is 1. The number of piperazine rings is 1. The Labute approximate surface area is 106 Å². The summed E-state index contributed by atoms with van der Waals surface area (Å²) < 4.78 is 5.09. The highest BCUT2D eigenvalue weighted by Gasteiger charge is 2.09. The molecule has 0 aliphatic carbocycles. The molecule has 0 aromatic heterocycles. The maximum absolute atomic E-state index is 10.4. The molecule has 5 nitrogen and oxygen atoms in total. The summed E-state index contributed by atoms with van der Waals surface area (Å²) in [5, 5.41) is 11.8. The van der Waals surface area contributed by atoms with Crippen molar-refractivity contribution >= 4 is 5.97 Å². The van der Waals surface area contributed by atoms with Crippen LogP contribution in [0.5, 0.6) is 5.75 Å². The predicted molar refractivity (Wildman–Crippen MR) is 67.7 cm³/mol. The zero-order chi connectivity index (χ0) is 12.8. The number of rotatable bonds is 5. The van der Waals surface area contributed by atoms with Crippen molar-refractivity contribution in [2.75, 3.05) is 32.8 Å². The molecule has 2 rings (SSSR count). The van der Waals surface area contributed by atoms with E-state index in [9.17, 15) is 4.79 Å². The van der Waals surface area contributed by atoms with E-state index in [-0.39, 0.29) is 6.61 Å². The first-order valence-electron chi connectivity index (χ1n) is 6.10. The lowest BCUT2D eigenvalue weighted by Gasteiger charge is -2.27. The Kier molecular flexibility index (Phi) is 4.55. The molecule has 0 spiro atoms. The van der Waals surface area contributed by atoms with Gasteiger partial charge in [0.15, 0.2) is 6.61 Å². The highest BCUT2D eigenvalue weighted by Crippen LogP contribution is 2.13. The van der Waals surface area contributed by atoms with Gasteiger partial charge in [0, 0.05) is 32.7 Å². The van der Waals surface area contributed by atoms with Crippen molar-refractivity contribution < 1.29 is 14.6 Å². The van der Waals surface area contributed by atoms with Crippen molar-refractivity contribution in [2.24, 2.45) is 0 Å². The fraction of sp³-hybridized carbons (Fsp3) is 0.462. The third-order valence-corrected chi connectivity index (χ3v) is 2.90. The minimum atomic E-state index is -0.958. The van der Waals surface area contributed by atoms with Crippen LogP contribution in [0.1, 0.15) is 5.56 Å². The molecule has 0 atom stereocenters. The van der Waals surface area contributed by atoms with Crippen molar-refractivity contribution in [1.29, 1.82) is 0 Å². The summed E-state index contributed by atoms with van der Waals surface area (Å²) in [6.45, 7) is 4.85. The molecule has 1 aliphatic rings. The van der Waals surface area contributed by atoms with Gasteiger partial charge in [-0.1, -0.05) is 12.1 Å². The van der Waals surface area contributed by atoms with Crippen LogP contribution < -0.4 is 10.1 Å². The minimum absolute atomic E-state index is 0.295. The van der Waals surface area contributed by atoms with Crippen LogP contribution in [0.4, 0.5) is 0 Å². The van der Waals surface area contributed by atoms with Gasteiger partial charge in [-0.3, -0.25) is 4.90 Å². The number of carboxylic acids is 1. The average molecular weight is 250 g/mol. The standard InChI is InChI=1S/C13H18N2O3/c16-13(17)10-18-12-3-1-11(2-4-12)9-15-7-5-14-6-8-15/h1-4,14H,5-10H2,(H,16,17). The number of benzene rings is 1. The molecule has 5 heteroatoms. The Morgan fingerprint density at radius 3 is 2.56 bits per heavy atom. The van der Waals surface area contributed by atoms with Crippen molar-refractivity contribution in [1.82, 2.24) is 10.2 Å².